The van der Waals surface area contributed by atoms with Crippen molar-refractivity contribution in [3.05, 3.63) is 52.1 Å². The minimum Gasteiger partial charge on any atom is -0.396 e. The van der Waals surface area contributed by atoms with Crippen LogP contribution in [0.4, 0.5) is 11.5 Å². The van der Waals surface area contributed by atoms with E-state index in [1.807, 2.05) is 6.07 Å². The van der Waals surface area contributed by atoms with E-state index in [4.69, 9.17) is 5.73 Å². The van der Waals surface area contributed by atoms with Gasteiger partial charge in [0.05, 0.1) is 5.69 Å². The molecule has 0 fully saturated rings. The largest absolute Gasteiger partial charge is 0.396 e. The van der Waals surface area contributed by atoms with Crippen LogP contribution in [0.5, 0.6) is 0 Å². The first-order chi connectivity index (χ1) is 8.72. The molecule has 0 bridgehead atoms. The second-order valence-electron chi connectivity index (χ2n) is 4.61. The lowest BCUT2D eigenvalue weighted by Gasteiger charge is -2.14. The molecule has 0 spiro atoms. The number of nitrogens with zero attached hydrogens (tertiary/aromatic N) is 1. The van der Waals surface area contributed by atoms with E-state index in [1.54, 1.807) is 6.20 Å². The Morgan fingerprint density at radius 2 is 1.89 bits per heavy atom. The van der Waals surface area contributed by atoms with Gasteiger partial charge >= 0.3 is 0 Å². The molecule has 18 heavy (non-hydrogen) atoms. The molecule has 3 rings (SSSR count). The number of pyridine rings is 1. The Bertz CT molecular complexity index is 558. The summed E-state index contributed by atoms with van der Waals surface area (Å²) in [6.45, 7) is 0. The van der Waals surface area contributed by atoms with Crippen LogP contribution < -0.4 is 11.1 Å². The molecule has 0 saturated carbocycles. The zero-order chi connectivity index (χ0) is 12.5. The number of aromatic nitrogens is 1. The SMILES string of the molecule is Nc1cc(Br)cnc1NC1Cc2ccccc2C1. The fourth-order valence-corrected chi connectivity index (χ4v) is 2.78. The first-order valence-electron chi connectivity index (χ1n) is 5.97. The minimum atomic E-state index is 0.387. The van der Waals surface area contributed by atoms with E-state index in [9.17, 15) is 0 Å². The van der Waals surface area contributed by atoms with Gasteiger partial charge in [-0.1, -0.05) is 24.3 Å². The summed E-state index contributed by atoms with van der Waals surface area (Å²) in [5.41, 5.74) is 9.47. The Labute approximate surface area is 115 Å². The normalized spacial score (nSPS) is 14.5. The van der Waals surface area contributed by atoms with E-state index >= 15 is 0 Å². The smallest absolute Gasteiger partial charge is 0.149 e. The molecule has 0 radical (unpaired) electrons. The predicted octanol–water partition coefficient (Wildman–Crippen LogP) is 3.01. The van der Waals surface area contributed by atoms with Crippen molar-refractivity contribution < 1.29 is 0 Å². The lowest BCUT2D eigenvalue weighted by Crippen LogP contribution is -2.21. The summed E-state index contributed by atoms with van der Waals surface area (Å²) in [7, 11) is 0. The summed E-state index contributed by atoms with van der Waals surface area (Å²) in [6, 6.07) is 10.8. The highest BCUT2D eigenvalue weighted by Gasteiger charge is 2.21. The molecule has 3 N–H and O–H groups in total. The van der Waals surface area contributed by atoms with Crippen LogP contribution in [-0.4, -0.2) is 11.0 Å². The van der Waals surface area contributed by atoms with E-state index in [-0.39, 0.29) is 0 Å². The van der Waals surface area contributed by atoms with Crippen molar-refractivity contribution in [3.8, 4) is 0 Å². The molecule has 0 amide bonds. The predicted molar refractivity (Wildman–Crippen MR) is 77.6 cm³/mol. The van der Waals surface area contributed by atoms with Gasteiger partial charge < -0.3 is 11.1 Å². The van der Waals surface area contributed by atoms with Crippen molar-refractivity contribution in [1.82, 2.24) is 4.98 Å². The molecule has 3 nitrogen and oxygen atoms in total. The quantitative estimate of drug-likeness (QED) is 0.897. The van der Waals surface area contributed by atoms with E-state index in [2.05, 4.69) is 50.5 Å². The van der Waals surface area contributed by atoms with Crippen molar-refractivity contribution in [2.24, 2.45) is 0 Å². The van der Waals surface area contributed by atoms with E-state index < -0.39 is 0 Å². The maximum absolute atomic E-state index is 5.95. The molecule has 1 aromatic carbocycles. The lowest BCUT2D eigenvalue weighted by atomic mass is 10.1. The number of rotatable bonds is 2. The molecule has 92 valence electrons. The van der Waals surface area contributed by atoms with Crippen LogP contribution in [0.15, 0.2) is 41.0 Å². The van der Waals surface area contributed by atoms with Crippen molar-refractivity contribution in [2.75, 3.05) is 11.1 Å². The van der Waals surface area contributed by atoms with Gasteiger partial charge in [0, 0.05) is 16.7 Å². The monoisotopic (exact) mass is 303 g/mol. The van der Waals surface area contributed by atoms with Crippen LogP contribution in [0.2, 0.25) is 0 Å². The Morgan fingerprint density at radius 1 is 1.22 bits per heavy atom. The average Bonchev–Trinajstić information content (AvgIpc) is 2.75. The number of hydrogen-bond donors (Lipinski definition) is 2. The molecule has 4 heteroatoms. The Balaban J connectivity index is 1.76. The number of anilines is 2. The van der Waals surface area contributed by atoms with Gasteiger partial charge in [0.1, 0.15) is 5.82 Å². The first-order valence-corrected chi connectivity index (χ1v) is 6.76. The standard InChI is InChI=1S/C14H14BrN3/c15-11-7-13(16)14(17-8-11)18-12-5-9-3-1-2-4-10(9)6-12/h1-4,7-8,12H,5-6,16H2,(H,17,18). The van der Waals surface area contributed by atoms with Gasteiger partial charge in [0.25, 0.3) is 0 Å². The lowest BCUT2D eigenvalue weighted by molar-refractivity contribution is 0.769. The second-order valence-corrected chi connectivity index (χ2v) is 5.53. The van der Waals surface area contributed by atoms with Crippen LogP contribution in [0, 0.1) is 0 Å². The molecule has 0 saturated heterocycles. The zero-order valence-electron chi connectivity index (χ0n) is 9.86. The number of benzene rings is 1. The van der Waals surface area contributed by atoms with Gasteiger partial charge in [0.2, 0.25) is 0 Å². The zero-order valence-corrected chi connectivity index (χ0v) is 11.4. The number of fused-ring (bicyclic) bond motifs is 1. The summed E-state index contributed by atoms with van der Waals surface area (Å²) in [6.07, 6.45) is 3.83. The van der Waals surface area contributed by atoms with Crippen molar-refractivity contribution >= 4 is 27.4 Å². The summed E-state index contributed by atoms with van der Waals surface area (Å²) in [5.74, 6) is 0.774. The third-order valence-electron chi connectivity index (χ3n) is 3.28. The van der Waals surface area contributed by atoms with Gasteiger partial charge in [0.15, 0.2) is 0 Å². The van der Waals surface area contributed by atoms with Crippen molar-refractivity contribution in [3.63, 3.8) is 0 Å². The average molecular weight is 304 g/mol. The van der Waals surface area contributed by atoms with Gasteiger partial charge in [-0.05, 0) is 46.0 Å². The maximum Gasteiger partial charge on any atom is 0.149 e. The maximum atomic E-state index is 5.95. The summed E-state index contributed by atoms with van der Waals surface area (Å²) < 4.78 is 0.903. The van der Waals surface area contributed by atoms with Crippen LogP contribution in [0.1, 0.15) is 11.1 Å². The molecule has 1 aromatic heterocycles. The number of halogens is 1. The van der Waals surface area contributed by atoms with Gasteiger partial charge in [-0.25, -0.2) is 4.98 Å². The molecule has 0 unspecified atom stereocenters. The molecular formula is C14H14BrN3. The number of hydrogen-bond acceptors (Lipinski definition) is 3. The molecule has 1 aliphatic rings. The summed E-state index contributed by atoms with van der Waals surface area (Å²) in [4.78, 5) is 4.32. The van der Waals surface area contributed by atoms with Crippen LogP contribution >= 0.6 is 15.9 Å². The van der Waals surface area contributed by atoms with Crippen LogP contribution in [0.3, 0.4) is 0 Å². The van der Waals surface area contributed by atoms with E-state index in [0.717, 1.165) is 23.1 Å². The van der Waals surface area contributed by atoms with Gasteiger partial charge in [-0.3, -0.25) is 0 Å². The Morgan fingerprint density at radius 3 is 2.50 bits per heavy atom. The molecule has 1 heterocycles. The highest BCUT2D eigenvalue weighted by atomic mass is 79.9. The Hall–Kier alpha value is -1.55. The van der Waals surface area contributed by atoms with Crippen LogP contribution in [0.25, 0.3) is 0 Å². The second kappa shape index (κ2) is 4.61. The van der Waals surface area contributed by atoms with E-state index in [1.165, 1.54) is 11.1 Å². The third kappa shape index (κ3) is 2.20. The molecule has 0 aliphatic heterocycles. The highest BCUT2D eigenvalue weighted by molar-refractivity contribution is 9.10. The van der Waals surface area contributed by atoms with Gasteiger partial charge in [-0.2, -0.15) is 0 Å². The molecule has 0 atom stereocenters. The fraction of sp³-hybridized carbons (Fsp3) is 0.214. The number of nitrogens with two attached hydrogens (primary N) is 1. The number of nitrogen functional groups attached to an aromatic ring is 1. The highest BCUT2D eigenvalue weighted by Crippen LogP contribution is 2.26. The molecule has 2 aromatic rings. The molecule has 1 aliphatic carbocycles. The topological polar surface area (TPSA) is 50.9 Å². The Kier molecular flexibility index (Phi) is 2.96. The number of nitrogens with one attached hydrogen (secondary N) is 1. The summed E-state index contributed by atoms with van der Waals surface area (Å²) >= 11 is 3.36. The van der Waals surface area contributed by atoms with Crippen molar-refractivity contribution in [1.29, 1.82) is 0 Å². The fourth-order valence-electron chi connectivity index (χ4n) is 2.43. The van der Waals surface area contributed by atoms with Crippen molar-refractivity contribution in [2.45, 2.75) is 18.9 Å². The van der Waals surface area contributed by atoms with E-state index in [0.29, 0.717) is 11.7 Å². The summed E-state index contributed by atoms with van der Waals surface area (Å²) in [5, 5.41) is 3.43. The third-order valence-corrected chi connectivity index (χ3v) is 3.71. The minimum absolute atomic E-state index is 0.387. The van der Waals surface area contributed by atoms with Gasteiger partial charge in [-0.15, -0.1) is 0 Å². The van der Waals surface area contributed by atoms with Crippen LogP contribution in [-0.2, 0) is 12.8 Å². The first kappa shape index (κ1) is 11.5. The molecular weight excluding hydrogens is 290 g/mol.